The first kappa shape index (κ1) is 19.5. The fraction of sp³-hybridized carbons (Fsp3) is 0.333. The molecule has 5 nitrogen and oxygen atoms in total. The molecule has 0 aliphatic rings. The highest BCUT2D eigenvalue weighted by atomic mass is 16.5. The van der Waals surface area contributed by atoms with Gasteiger partial charge >= 0.3 is 0 Å². The Hall–Kier alpha value is -2.82. The number of aryl methyl sites for hydroxylation is 1. The molecular formula is C21H26N2O3. The van der Waals surface area contributed by atoms with Gasteiger partial charge in [0.25, 0.3) is 11.8 Å². The summed E-state index contributed by atoms with van der Waals surface area (Å²) in [5.41, 5.74) is 3.33. The Morgan fingerprint density at radius 2 is 1.81 bits per heavy atom. The number of carbonyl (C=O) groups excluding carboxylic acids is 2. The van der Waals surface area contributed by atoms with Crippen molar-refractivity contribution in [2.45, 2.75) is 26.7 Å². The molecule has 0 saturated heterocycles. The minimum atomic E-state index is -0.311. The normalized spacial score (nSPS) is 10.5. The van der Waals surface area contributed by atoms with Crippen LogP contribution in [0, 0.1) is 6.92 Å². The molecule has 1 N–H and O–H groups in total. The number of nitrogens with one attached hydrogen (secondary N) is 1. The smallest absolute Gasteiger partial charge is 0.262 e. The molecular weight excluding hydrogens is 328 g/mol. The Balaban J connectivity index is 2.02. The van der Waals surface area contributed by atoms with Crippen LogP contribution < -0.4 is 10.1 Å². The Bertz CT molecular complexity index is 798. The molecule has 0 spiro atoms. The number of para-hydroxylation sites is 1. The maximum Gasteiger partial charge on any atom is 0.262 e. The summed E-state index contributed by atoms with van der Waals surface area (Å²) in [6.07, 6.45) is 0. The van der Waals surface area contributed by atoms with Crippen LogP contribution in [0.15, 0.2) is 42.5 Å². The van der Waals surface area contributed by atoms with Crippen molar-refractivity contribution in [3.05, 3.63) is 59.2 Å². The lowest BCUT2D eigenvalue weighted by molar-refractivity contribution is -0.118. The molecule has 0 aromatic heterocycles. The van der Waals surface area contributed by atoms with Crippen molar-refractivity contribution >= 4 is 17.5 Å². The number of hydrogen-bond acceptors (Lipinski definition) is 3. The van der Waals surface area contributed by atoms with Crippen molar-refractivity contribution in [3.8, 4) is 5.75 Å². The van der Waals surface area contributed by atoms with Crippen LogP contribution in [0.25, 0.3) is 0 Å². The van der Waals surface area contributed by atoms with E-state index in [2.05, 4.69) is 19.2 Å². The predicted molar refractivity (Wildman–Crippen MR) is 104 cm³/mol. The van der Waals surface area contributed by atoms with E-state index >= 15 is 0 Å². The van der Waals surface area contributed by atoms with Crippen LogP contribution in [0.4, 0.5) is 5.69 Å². The highest BCUT2D eigenvalue weighted by Crippen LogP contribution is 2.23. The van der Waals surface area contributed by atoms with E-state index < -0.39 is 0 Å². The number of ether oxygens (including phenoxy) is 1. The van der Waals surface area contributed by atoms with Crippen molar-refractivity contribution in [2.24, 2.45) is 0 Å². The fourth-order valence-corrected chi connectivity index (χ4v) is 2.74. The largest absolute Gasteiger partial charge is 0.484 e. The Morgan fingerprint density at radius 1 is 1.12 bits per heavy atom. The summed E-state index contributed by atoms with van der Waals surface area (Å²) in [5, 5.41) is 2.75. The zero-order valence-electron chi connectivity index (χ0n) is 16.0. The fourth-order valence-electron chi connectivity index (χ4n) is 2.74. The molecule has 0 fully saturated rings. The zero-order valence-corrected chi connectivity index (χ0v) is 16.0. The first-order valence-corrected chi connectivity index (χ1v) is 8.63. The van der Waals surface area contributed by atoms with Crippen LogP contribution in [0.5, 0.6) is 5.75 Å². The number of benzene rings is 2. The van der Waals surface area contributed by atoms with Gasteiger partial charge in [-0.25, -0.2) is 0 Å². The summed E-state index contributed by atoms with van der Waals surface area (Å²) < 4.78 is 5.60. The lowest BCUT2D eigenvalue weighted by atomic mass is 9.98. The molecule has 5 heteroatoms. The molecule has 2 aromatic carbocycles. The van der Waals surface area contributed by atoms with E-state index in [0.717, 1.165) is 5.56 Å². The molecule has 2 amide bonds. The molecule has 0 aliphatic heterocycles. The van der Waals surface area contributed by atoms with Gasteiger partial charge in [0.1, 0.15) is 5.75 Å². The molecule has 2 rings (SSSR count). The highest BCUT2D eigenvalue weighted by molar-refractivity contribution is 6.03. The quantitative estimate of drug-likeness (QED) is 0.857. The summed E-state index contributed by atoms with van der Waals surface area (Å²) in [5.74, 6) is 0.620. The number of nitrogens with zero attached hydrogens (tertiary/aromatic N) is 1. The second-order valence-electron chi connectivity index (χ2n) is 6.76. The van der Waals surface area contributed by atoms with E-state index in [9.17, 15) is 9.59 Å². The van der Waals surface area contributed by atoms with Crippen LogP contribution in [-0.4, -0.2) is 37.4 Å². The number of amides is 2. The van der Waals surface area contributed by atoms with Crippen molar-refractivity contribution in [2.75, 3.05) is 26.0 Å². The van der Waals surface area contributed by atoms with Gasteiger partial charge < -0.3 is 15.0 Å². The van der Waals surface area contributed by atoms with Gasteiger partial charge in [-0.15, -0.1) is 0 Å². The first-order valence-electron chi connectivity index (χ1n) is 8.63. The molecule has 0 atom stereocenters. The summed E-state index contributed by atoms with van der Waals surface area (Å²) in [6.45, 7) is 6.20. The third-order valence-corrected chi connectivity index (χ3v) is 4.07. The minimum absolute atomic E-state index is 0.120. The van der Waals surface area contributed by atoms with Gasteiger partial charge in [0.2, 0.25) is 0 Å². The van der Waals surface area contributed by atoms with E-state index in [0.29, 0.717) is 22.9 Å². The van der Waals surface area contributed by atoms with Crippen LogP contribution in [0.1, 0.15) is 41.3 Å². The maximum atomic E-state index is 12.2. The predicted octanol–water partition coefficient (Wildman–Crippen LogP) is 3.84. The second kappa shape index (κ2) is 8.52. The summed E-state index contributed by atoms with van der Waals surface area (Å²) in [7, 11) is 3.35. The van der Waals surface area contributed by atoms with E-state index in [1.165, 1.54) is 10.5 Å². The molecule has 0 heterocycles. The minimum Gasteiger partial charge on any atom is -0.484 e. The number of rotatable bonds is 6. The van der Waals surface area contributed by atoms with Crippen molar-refractivity contribution in [1.29, 1.82) is 0 Å². The summed E-state index contributed by atoms with van der Waals surface area (Å²) in [6, 6.07) is 12.8. The topological polar surface area (TPSA) is 58.6 Å². The van der Waals surface area contributed by atoms with Gasteiger partial charge in [-0.3, -0.25) is 9.59 Å². The van der Waals surface area contributed by atoms with Gasteiger partial charge in [-0.1, -0.05) is 32.0 Å². The van der Waals surface area contributed by atoms with Gasteiger partial charge in [-0.05, 0) is 48.2 Å². The lowest BCUT2D eigenvalue weighted by Crippen LogP contribution is -2.25. The molecule has 0 aliphatic carbocycles. The van der Waals surface area contributed by atoms with Crippen molar-refractivity contribution in [1.82, 2.24) is 4.90 Å². The van der Waals surface area contributed by atoms with Crippen molar-refractivity contribution < 1.29 is 14.3 Å². The monoisotopic (exact) mass is 354 g/mol. The highest BCUT2D eigenvalue weighted by Gasteiger charge is 2.15. The SMILES string of the molecule is Cc1cc(OCC(=O)Nc2ccccc2C(=O)N(C)C)ccc1C(C)C. The molecule has 138 valence electrons. The molecule has 2 aromatic rings. The standard InChI is InChI=1S/C21H26N2O3/c1-14(2)17-11-10-16(12-15(17)3)26-13-20(24)22-19-9-7-6-8-18(19)21(25)23(4)5/h6-12,14H,13H2,1-5H3,(H,22,24). The molecule has 0 radical (unpaired) electrons. The Morgan fingerprint density at radius 3 is 2.42 bits per heavy atom. The lowest BCUT2D eigenvalue weighted by Gasteiger charge is -2.15. The summed E-state index contributed by atoms with van der Waals surface area (Å²) >= 11 is 0. The van der Waals surface area contributed by atoms with Crippen LogP contribution in [0.3, 0.4) is 0 Å². The number of hydrogen-bond donors (Lipinski definition) is 1. The van der Waals surface area contributed by atoms with Crippen LogP contribution >= 0.6 is 0 Å². The van der Waals surface area contributed by atoms with E-state index in [4.69, 9.17) is 4.74 Å². The molecule has 0 bridgehead atoms. The maximum absolute atomic E-state index is 12.2. The second-order valence-corrected chi connectivity index (χ2v) is 6.76. The Kier molecular flexibility index (Phi) is 6.39. The molecule has 26 heavy (non-hydrogen) atoms. The Labute approximate surface area is 155 Å². The van der Waals surface area contributed by atoms with Gasteiger partial charge in [0.15, 0.2) is 6.61 Å². The van der Waals surface area contributed by atoms with Crippen LogP contribution in [0.2, 0.25) is 0 Å². The first-order chi connectivity index (χ1) is 12.3. The zero-order chi connectivity index (χ0) is 19.3. The van der Waals surface area contributed by atoms with E-state index in [-0.39, 0.29) is 18.4 Å². The summed E-state index contributed by atoms with van der Waals surface area (Å²) in [4.78, 5) is 25.9. The van der Waals surface area contributed by atoms with Crippen molar-refractivity contribution in [3.63, 3.8) is 0 Å². The molecule has 0 saturated carbocycles. The third-order valence-electron chi connectivity index (χ3n) is 4.07. The van der Waals surface area contributed by atoms with Gasteiger partial charge in [0.05, 0.1) is 11.3 Å². The third kappa shape index (κ3) is 4.85. The number of carbonyl (C=O) groups is 2. The van der Waals surface area contributed by atoms with Gasteiger partial charge in [-0.2, -0.15) is 0 Å². The average molecular weight is 354 g/mol. The van der Waals surface area contributed by atoms with Gasteiger partial charge in [0, 0.05) is 14.1 Å². The molecule has 0 unspecified atom stereocenters. The average Bonchev–Trinajstić information content (AvgIpc) is 2.59. The van der Waals surface area contributed by atoms with Crippen LogP contribution in [-0.2, 0) is 4.79 Å². The number of anilines is 1. The van der Waals surface area contributed by atoms with E-state index in [1.54, 1.807) is 38.4 Å². The van der Waals surface area contributed by atoms with E-state index in [1.807, 2.05) is 25.1 Å².